The number of benzene rings is 1. The van der Waals surface area contributed by atoms with E-state index in [0.29, 0.717) is 0 Å². The van der Waals surface area contributed by atoms with E-state index in [1.807, 2.05) is 13.8 Å². The van der Waals surface area contributed by atoms with Gasteiger partial charge in [0.2, 0.25) is 0 Å². The molecule has 0 bridgehead atoms. The number of methoxy groups -OCH3 is 1. The highest BCUT2D eigenvalue weighted by Gasteiger charge is 2.36. The van der Waals surface area contributed by atoms with E-state index in [-0.39, 0.29) is 18.0 Å². The van der Waals surface area contributed by atoms with Gasteiger partial charge in [-0.1, -0.05) is 26.8 Å². The molecular formula is C17H27F2NO. The average molecular weight is 299 g/mol. The van der Waals surface area contributed by atoms with Gasteiger partial charge in [-0.05, 0) is 44.4 Å². The van der Waals surface area contributed by atoms with Crippen LogP contribution in [0.1, 0.15) is 45.6 Å². The van der Waals surface area contributed by atoms with Gasteiger partial charge in [-0.2, -0.15) is 0 Å². The summed E-state index contributed by atoms with van der Waals surface area (Å²) in [6.07, 6.45) is 2.83. The Labute approximate surface area is 126 Å². The molecule has 0 saturated heterocycles. The summed E-state index contributed by atoms with van der Waals surface area (Å²) in [5.41, 5.74) is -0.279. The van der Waals surface area contributed by atoms with Crippen LogP contribution < -0.4 is 5.32 Å². The van der Waals surface area contributed by atoms with Crippen molar-refractivity contribution in [1.29, 1.82) is 0 Å². The molecule has 1 N–H and O–H groups in total. The van der Waals surface area contributed by atoms with Gasteiger partial charge in [-0.15, -0.1) is 0 Å². The molecule has 0 amide bonds. The van der Waals surface area contributed by atoms with Gasteiger partial charge in [0.15, 0.2) is 0 Å². The second-order valence-corrected chi connectivity index (χ2v) is 5.39. The van der Waals surface area contributed by atoms with E-state index in [9.17, 15) is 8.78 Å². The third-order valence-corrected chi connectivity index (χ3v) is 4.35. The maximum atomic E-state index is 13.9. The van der Waals surface area contributed by atoms with Crippen molar-refractivity contribution in [3.63, 3.8) is 0 Å². The average Bonchev–Trinajstić information content (AvgIpc) is 2.49. The van der Waals surface area contributed by atoms with Gasteiger partial charge in [0, 0.05) is 18.7 Å². The molecule has 1 rings (SSSR count). The van der Waals surface area contributed by atoms with Crippen molar-refractivity contribution in [1.82, 2.24) is 5.32 Å². The van der Waals surface area contributed by atoms with Crippen LogP contribution >= 0.6 is 0 Å². The maximum Gasteiger partial charge on any atom is 0.129 e. The van der Waals surface area contributed by atoms with Crippen molar-refractivity contribution in [2.75, 3.05) is 13.7 Å². The van der Waals surface area contributed by atoms with Gasteiger partial charge >= 0.3 is 0 Å². The van der Waals surface area contributed by atoms with E-state index in [4.69, 9.17) is 4.74 Å². The fraction of sp³-hybridized carbons (Fsp3) is 0.647. The summed E-state index contributed by atoms with van der Waals surface area (Å²) in [6, 6.07) is 3.89. The second-order valence-electron chi connectivity index (χ2n) is 5.39. The van der Waals surface area contributed by atoms with Gasteiger partial charge in [-0.25, -0.2) is 8.78 Å². The number of nitrogens with one attached hydrogen (secondary N) is 1. The molecule has 0 aliphatic rings. The van der Waals surface area contributed by atoms with Crippen molar-refractivity contribution < 1.29 is 13.5 Å². The first-order chi connectivity index (χ1) is 10.0. The monoisotopic (exact) mass is 299 g/mol. The maximum absolute atomic E-state index is 13.9. The Morgan fingerprint density at radius 2 is 1.71 bits per heavy atom. The molecule has 0 heterocycles. The summed E-state index contributed by atoms with van der Waals surface area (Å²) < 4.78 is 33.6. The van der Waals surface area contributed by atoms with Gasteiger partial charge in [0.25, 0.3) is 0 Å². The Morgan fingerprint density at radius 3 is 2.14 bits per heavy atom. The first kappa shape index (κ1) is 18.1. The Morgan fingerprint density at radius 1 is 1.14 bits per heavy atom. The van der Waals surface area contributed by atoms with Crippen LogP contribution in [-0.4, -0.2) is 25.3 Å². The van der Waals surface area contributed by atoms with E-state index < -0.39 is 17.2 Å². The lowest BCUT2D eigenvalue weighted by atomic mass is 9.84. The van der Waals surface area contributed by atoms with Crippen LogP contribution in [0.2, 0.25) is 0 Å². The fourth-order valence-electron chi connectivity index (χ4n) is 2.87. The summed E-state index contributed by atoms with van der Waals surface area (Å²) in [5, 5.41) is 3.41. The summed E-state index contributed by atoms with van der Waals surface area (Å²) >= 11 is 0. The van der Waals surface area contributed by atoms with Crippen LogP contribution in [-0.2, 0) is 11.2 Å². The second kappa shape index (κ2) is 8.44. The Hall–Kier alpha value is -1.00. The molecule has 1 unspecified atom stereocenters. The minimum atomic E-state index is -0.490. The van der Waals surface area contributed by atoms with Crippen molar-refractivity contribution in [2.45, 2.75) is 58.1 Å². The largest absolute Gasteiger partial charge is 0.377 e. The highest BCUT2D eigenvalue weighted by Crippen LogP contribution is 2.28. The fourth-order valence-corrected chi connectivity index (χ4v) is 2.87. The normalized spacial score (nSPS) is 13.4. The quantitative estimate of drug-likeness (QED) is 0.742. The van der Waals surface area contributed by atoms with Crippen molar-refractivity contribution in [2.24, 2.45) is 0 Å². The smallest absolute Gasteiger partial charge is 0.129 e. The van der Waals surface area contributed by atoms with Crippen LogP contribution in [0.4, 0.5) is 8.78 Å². The van der Waals surface area contributed by atoms with E-state index >= 15 is 0 Å². The lowest BCUT2D eigenvalue weighted by Gasteiger charge is -2.39. The lowest BCUT2D eigenvalue weighted by Crippen LogP contribution is -2.53. The molecule has 0 aliphatic heterocycles. The highest BCUT2D eigenvalue weighted by molar-refractivity contribution is 5.21. The molecule has 0 aromatic heterocycles. The minimum Gasteiger partial charge on any atom is -0.377 e. The van der Waals surface area contributed by atoms with Crippen LogP contribution in [0.3, 0.4) is 0 Å². The molecule has 0 aliphatic carbocycles. The van der Waals surface area contributed by atoms with Crippen LogP contribution in [0, 0.1) is 11.6 Å². The summed E-state index contributed by atoms with van der Waals surface area (Å²) in [7, 11) is 1.67. The van der Waals surface area contributed by atoms with Gasteiger partial charge in [0.05, 0.1) is 5.60 Å². The predicted molar refractivity (Wildman–Crippen MR) is 82.5 cm³/mol. The molecule has 1 aromatic rings. The SMILES string of the molecule is CCCNC(Cc1c(F)cccc1F)C(CC)(CC)OC. The number of rotatable bonds is 9. The molecule has 1 aromatic carbocycles. The molecule has 0 radical (unpaired) electrons. The molecule has 0 fully saturated rings. The third-order valence-electron chi connectivity index (χ3n) is 4.35. The van der Waals surface area contributed by atoms with E-state index in [1.54, 1.807) is 7.11 Å². The van der Waals surface area contributed by atoms with Crippen molar-refractivity contribution in [3.8, 4) is 0 Å². The zero-order chi connectivity index (χ0) is 15.9. The van der Waals surface area contributed by atoms with Gasteiger partial charge < -0.3 is 10.1 Å². The molecule has 0 saturated carbocycles. The first-order valence-corrected chi connectivity index (χ1v) is 7.76. The van der Waals surface area contributed by atoms with E-state index in [0.717, 1.165) is 25.8 Å². The number of hydrogen-bond donors (Lipinski definition) is 1. The Kier molecular flexibility index (Phi) is 7.26. The summed E-state index contributed by atoms with van der Waals surface area (Å²) in [6.45, 7) is 6.96. The van der Waals surface area contributed by atoms with E-state index in [2.05, 4.69) is 12.2 Å². The Balaban J connectivity index is 3.08. The van der Waals surface area contributed by atoms with Gasteiger partial charge in [-0.3, -0.25) is 0 Å². The van der Waals surface area contributed by atoms with Gasteiger partial charge in [0.1, 0.15) is 11.6 Å². The summed E-state index contributed by atoms with van der Waals surface area (Å²) in [4.78, 5) is 0. The van der Waals surface area contributed by atoms with E-state index in [1.165, 1.54) is 18.2 Å². The number of hydrogen-bond acceptors (Lipinski definition) is 2. The minimum absolute atomic E-state index is 0.121. The number of halogens is 2. The molecule has 21 heavy (non-hydrogen) atoms. The third kappa shape index (κ3) is 4.24. The first-order valence-electron chi connectivity index (χ1n) is 7.76. The zero-order valence-corrected chi connectivity index (χ0v) is 13.5. The summed E-state index contributed by atoms with van der Waals surface area (Å²) in [5.74, 6) is -0.981. The van der Waals surface area contributed by atoms with Crippen LogP contribution in [0.15, 0.2) is 18.2 Å². The molecular weight excluding hydrogens is 272 g/mol. The van der Waals surface area contributed by atoms with Crippen LogP contribution in [0.5, 0.6) is 0 Å². The molecule has 1 atom stereocenters. The Bertz CT molecular complexity index is 404. The topological polar surface area (TPSA) is 21.3 Å². The van der Waals surface area contributed by atoms with Crippen molar-refractivity contribution >= 4 is 0 Å². The molecule has 4 heteroatoms. The standard InChI is InChI=1S/C17H27F2NO/c1-5-11-20-16(17(6-2,7-3)21-4)12-13-14(18)9-8-10-15(13)19/h8-10,16,20H,5-7,11-12H2,1-4H3. The molecule has 0 spiro atoms. The number of ether oxygens (including phenoxy) is 1. The van der Waals surface area contributed by atoms with Crippen molar-refractivity contribution in [3.05, 3.63) is 35.4 Å². The molecule has 2 nitrogen and oxygen atoms in total. The lowest BCUT2D eigenvalue weighted by molar-refractivity contribution is -0.0474. The highest BCUT2D eigenvalue weighted by atomic mass is 19.1. The zero-order valence-electron chi connectivity index (χ0n) is 13.5. The predicted octanol–water partition coefficient (Wildman–Crippen LogP) is 4.08. The van der Waals surface area contributed by atoms with Crippen LogP contribution in [0.25, 0.3) is 0 Å². The molecule has 120 valence electrons.